The number of hydrogen-bond donors (Lipinski definition) is 2. The van der Waals surface area contributed by atoms with Gasteiger partial charge >= 0.3 is 0 Å². The normalized spacial score (nSPS) is 10.8. The fourth-order valence-corrected chi connectivity index (χ4v) is 3.99. The quantitative estimate of drug-likeness (QED) is 0.264. The largest absolute Gasteiger partial charge is 0.356 e. The van der Waals surface area contributed by atoms with Gasteiger partial charge in [0.05, 0.1) is 26.8 Å². The van der Waals surface area contributed by atoms with Crippen molar-refractivity contribution in [1.82, 2.24) is 4.98 Å². The molecule has 166 valence electrons. The molecule has 0 unspecified atom stereocenters. The van der Waals surface area contributed by atoms with E-state index in [9.17, 15) is 4.79 Å². The third kappa shape index (κ3) is 4.74. The van der Waals surface area contributed by atoms with Crippen molar-refractivity contribution in [3.05, 3.63) is 119 Å². The van der Waals surface area contributed by atoms with E-state index in [4.69, 9.17) is 28.2 Å². The highest BCUT2D eigenvalue weighted by atomic mass is 35.5. The fraction of sp³-hybridized carbons (Fsp3) is 0. The summed E-state index contributed by atoms with van der Waals surface area (Å²) in [5.41, 5.74) is 5.30. The molecule has 0 saturated carbocycles. The number of carbonyl (C=O) groups is 1. The molecule has 4 aromatic carbocycles. The Morgan fingerprint density at radius 1 is 0.676 bits per heavy atom. The van der Waals surface area contributed by atoms with Crippen LogP contribution in [0.2, 0.25) is 10.0 Å². The van der Waals surface area contributed by atoms with Crippen LogP contribution in [0, 0.1) is 0 Å². The molecule has 0 spiro atoms. The van der Waals surface area contributed by atoms with Crippen LogP contribution in [-0.2, 0) is 0 Å². The van der Waals surface area contributed by atoms with Gasteiger partial charge in [0.1, 0.15) is 0 Å². The van der Waals surface area contributed by atoms with E-state index in [-0.39, 0.29) is 5.91 Å². The molecule has 0 fully saturated rings. The van der Waals surface area contributed by atoms with E-state index < -0.39 is 0 Å². The SMILES string of the molecule is O=C(Nc1ccc(Nc2ccccc2)cc1)c1cc(-c2ccc(Cl)c(Cl)c2)nc2ccccc12. The Kier molecular flexibility index (Phi) is 6.17. The Labute approximate surface area is 207 Å². The van der Waals surface area contributed by atoms with Gasteiger partial charge in [0, 0.05) is 28.0 Å². The number of nitrogens with zero attached hydrogens (tertiary/aromatic N) is 1. The van der Waals surface area contributed by atoms with E-state index in [2.05, 4.69) is 10.6 Å². The molecular weight excluding hydrogens is 465 g/mol. The lowest BCUT2D eigenvalue weighted by Crippen LogP contribution is -2.13. The predicted octanol–water partition coefficient (Wildman–Crippen LogP) is 8.20. The van der Waals surface area contributed by atoms with Crippen molar-refractivity contribution < 1.29 is 4.79 Å². The Bertz CT molecular complexity index is 1490. The van der Waals surface area contributed by atoms with Crippen LogP contribution in [0.15, 0.2) is 103 Å². The molecule has 34 heavy (non-hydrogen) atoms. The van der Waals surface area contributed by atoms with Crippen molar-refractivity contribution in [1.29, 1.82) is 0 Å². The van der Waals surface area contributed by atoms with E-state index in [1.807, 2.05) is 84.9 Å². The first-order valence-electron chi connectivity index (χ1n) is 10.7. The molecule has 0 radical (unpaired) electrons. The van der Waals surface area contributed by atoms with Crippen molar-refractivity contribution in [2.24, 2.45) is 0 Å². The molecule has 4 nitrogen and oxygen atoms in total. The van der Waals surface area contributed by atoms with Gasteiger partial charge in [0.2, 0.25) is 0 Å². The maximum atomic E-state index is 13.3. The monoisotopic (exact) mass is 483 g/mol. The van der Waals surface area contributed by atoms with Gasteiger partial charge in [-0.25, -0.2) is 4.98 Å². The molecule has 1 heterocycles. The molecule has 5 aromatic rings. The average molecular weight is 484 g/mol. The van der Waals surface area contributed by atoms with Crippen LogP contribution in [0.25, 0.3) is 22.2 Å². The van der Waals surface area contributed by atoms with E-state index in [1.54, 1.807) is 18.2 Å². The number of rotatable bonds is 5. The van der Waals surface area contributed by atoms with Crippen molar-refractivity contribution in [2.75, 3.05) is 10.6 Å². The van der Waals surface area contributed by atoms with Gasteiger partial charge in [-0.05, 0) is 60.7 Å². The summed E-state index contributed by atoms with van der Waals surface area (Å²) >= 11 is 12.3. The number of amides is 1. The summed E-state index contributed by atoms with van der Waals surface area (Å²) in [7, 11) is 0. The fourth-order valence-electron chi connectivity index (χ4n) is 3.69. The van der Waals surface area contributed by atoms with E-state index >= 15 is 0 Å². The number of nitrogens with one attached hydrogen (secondary N) is 2. The molecule has 0 bridgehead atoms. The molecule has 0 saturated heterocycles. The average Bonchev–Trinajstić information content (AvgIpc) is 2.87. The number of hydrogen-bond acceptors (Lipinski definition) is 3. The van der Waals surface area contributed by atoms with Crippen molar-refractivity contribution in [2.45, 2.75) is 0 Å². The Morgan fingerprint density at radius 3 is 2.12 bits per heavy atom. The van der Waals surface area contributed by atoms with Gasteiger partial charge in [0.15, 0.2) is 0 Å². The zero-order valence-electron chi connectivity index (χ0n) is 17.9. The number of anilines is 3. The van der Waals surface area contributed by atoms with Crippen LogP contribution < -0.4 is 10.6 Å². The number of pyridine rings is 1. The standard InChI is InChI=1S/C28H19Cl2N3O/c29-24-15-10-18(16-25(24)30)27-17-23(22-8-4-5-9-26(22)33-27)28(34)32-21-13-11-20(12-14-21)31-19-6-2-1-3-7-19/h1-17,31H,(H,32,34). The lowest BCUT2D eigenvalue weighted by Gasteiger charge is -2.12. The van der Waals surface area contributed by atoms with E-state index in [0.29, 0.717) is 27.0 Å². The number of halogens is 2. The molecule has 0 atom stereocenters. The van der Waals surface area contributed by atoms with Crippen LogP contribution in [0.1, 0.15) is 10.4 Å². The minimum Gasteiger partial charge on any atom is -0.356 e. The van der Waals surface area contributed by atoms with Gasteiger partial charge in [-0.1, -0.05) is 65.7 Å². The molecule has 0 aliphatic heterocycles. The van der Waals surface area contributed by atoms with Crippen molar-refractivity contribution >= 4 is 57.1 Å². The summed E-state index contributed by atoms with van der Waals surface area (Å²) in [6, 6.07) is 32.2. The van der Waals surface area contributed by atoms with Crippen LogP contribution in [-0.4, -0.2) is 10.9 Å². The molecule has 6 heteroatoms. The predicted molar refractivity (Wildman–Crippen MR) is 141 cm³/mol. The van der Waals surface area contributed by atoms with Crippen LogP contribution in [0.3, 0.4) is 0 Å². The highest BCUT2D eigenvalue weighted by Gasteiger charge is 2.15. The van der Waals surface area contributed by atoms with Crippen LogP contribution in [0.5, 0.6) is 0 Å². The van der Waals surface area contributed by atoms with Gasteiger partial charge in [-0.2, -0.15) is 0 Å². The first-order valence-corrected chi connectivity index (χ1v) is 11.4. The summed E-state index contributed by atoms with van der Waals surface area (Å²) in [5.74, 6) is -0.219. The van der Waals surface area contributed by atoms with Gasteiger partial charge in [-0.3, -0.25) is 4.79 Å². The number of para-hydroxylation sites is 2. The summed E-state index contributed by atoms with van der Waals surface area (Å²) in [6.07, 6.45) is 0. The van der Waals surface area contributed by atoms with Crippen molar-refractivity contribution in [3.63, 3.8) is 0 Å². The number of fused-ring (bicyclic) bond motifs is 1. The Balaban J connectivity index is 1.44. The summed E-state index contributed by atoms with van der Waals surface area (Å²) in [4.78, 5) is 18.0. The van der Waals surface area contributed by atoms with Crippen LogP contribution >= 0.6 is 23.2 Å². The molecule has 0 aliphatic carbocycles. The van der Waals surface area contributed by atoms with Gasteiger partial charge < -0.3 is 10.6 Å². The smallest absolute Gasteiger partial charge is 0.256 e. The topological polar surface area (TPSA) is 54.0 Å². The summed E-state index contributed by atoms with van der Waals surface area (Å²) < 4.78 is 0. The molecule has 2 N–H and O–H groups in total. The second-order valence-electron chi connectivity index (χ2n) is 7.72. The zero-order valence-corrected chi connectivity index (χ0v) is 19.4. The molecule has 0 aliphatic rings. The second-order valence-corrected chi connectivity index (χ2v) is 8.54. The molecular formula is C28H19Cl2N3O. The van der Waals surface area contributed by atoms with E-state index in [0.717, 1.165) is 27.8 Å². The minimum atomic E-state index is -0.219. The van der Waals surface area contributed by atoms with Crippen LogP contribution in [0.4, 0.5) is 17.1 Å². The highest BCUT2D eigenvalue weighted by Crippen LogP contribution is 2.30. The lowest BCUT2D eigenvalue weighted by molar-refractivity contribution is 0.102. The van der Waals surface area contributed by atoms with Crippen molar-refractivity contribution in [3.8, 4) is 11.3 Å². The lowest BCUT2D eigenvalue weighted by atomic mass is 10.0. The maximum Gasteiger partial charge on any atom is 0.256 e. The molecule has 5 rings (SSSR count). The number of aromatic nitrogens is 1. The first kappa shape index (κ1) is 22.0. The third-order valence-corrected chi connectivity index (χ3v) is 6.12. The first-order chi connectivity index (χ1) is 16.6. The van der Waals surface area contributed by atoms with Gasteiger partial charge in [-0.15, -0.1) is 0 Å². The Hall–Kier alpha value is -3.86. The Morgan fingerprint density at radius 2 is 1.35 bits per heavy atom. The molecule has 1 amide bonds. The summed E-state index contributed by atoms with van der Waals surface area (Å²) in [5, 5.41) is 8.00. The second kappa shape index (κ2) is 9.56. The minimum absolute atomic E-state index is 0.219. The highest BCUT2D eigenvalue weighted by molar-refractivity contribution is 6.42. The van der Waals surface area contributed by atoms with E-state index in [1.165, 1.54) is 0 Å². The number of benzene rings is 4. The zero-order chi connectivity index (χ0) is 23.5. The van der Waals surface area contributed by atoms with Gasteiger partial charge in [0.25, 0.3) is 5.91 Å². The number of carbonyl (C=O) groups excluding carboxylic acids is 1. The summed E-state index contributed by atoms with van der Waals surface area (Å²) in [6.45, 7) is 0. The maximum absolute atomic E-state index is 13.3. The molecule has 1 aromatic heterocycles. The third-order valence-electron chi connectivity index (χ3n) is 5.38.